The molecule has 0 saturated carbocycles. The van der Waals surface area contributed by atoms with Gasteiger partial charge in [-0.2, -0.15) is 0 Å². The average molecular weight is 264 g/mol. The molecule has 1 unspecified atom stereocenters. The molecule has 0 heterocycles. The summed E-state index contributed by atoms with van der Waals surface area (Å²) in [5, 5.41) is 2.93. The van der Waals surface area contributed by atoms with Gasteiger partial charge in [0.2, 0.25) is 5.91 Å². The Bertz CT molecular complexity index is 414. The van der Waals surface area contributed by atoms with E-state index in [1.54, 1.807) is 0 Å². The molecule has 3 nitrogen and oxygen atoms in total. The topological polar surface area (TPSA) is 55.1 Å². The van der Waals surface area contributed by atoms with Crippen molar-refractivity contribution in [3.05, 3.63) is 35.4 Å². The van der Waals surface area contributed by atoms with Crippen molar-refractivity contribution in [2.45, 2.75) is 26.7 Å². The molecule has 1 amide bonds. The minimum atomic E-state index is 0.0541. The Kier molecular flexibility index (Phi) is 5.78. The van der Waals surface area contributed by atoms with Gasteiger partial charge in [0, 0.05) is 12.1 Å². The molecule has 1 aromatic rings. The van der Waals surface area contributed by atoms with Gasteiger partial charge in [0.05, 0.1) is 6.42 Å². The number of hydrogen-bond acceptors (Lipinski definition) is 2. The summed E-state index contributed by atoms with van der Waals surface area (Å²) in [6.07, 6.45) is 1.47. The van der Waals surface area contributed by atoms with Crippen molar-refractivity contribution in [1.29, 1.82) is 0 Å². The van der Waals surface area contributed by atoms with E-state index < -0.39 is 0 Å². The first-order chi connectivity index (χ1) is 8.52. The summed E-state index contributed by atoms with van der Waals surface area (Å²) >= 11 is 4.88. The number of benzene rings is 1. The van der Waals surface area contributed by atoms with Crippen LogP contribution in [0.4, 0.5) is 0 Å². The molecule has 1 rings (SSSR count). The standard InChI is InChI=1S/C14H20N2OS/c1-3-10(2)9-16-13(17)8-11-4-6-12(7-5-11)14(15)18/h4-7,10H,3,8-9H2,1-2H3,(H2,15,18)(H,16,17). The highest BCUT2D eigenvalue weighted by Gasteiger charge is 2.05. The Morgan fingerprint density at radius 2 is 2.00 bits per heavy atom. The van der Waals surface area contributed by atoms with Crippen molar-refractivity contribution in [3.8, 4) is 0 Å². The Hall–Kier alpha value is -1.42. The molecule has 98 valence electrons. The van der Waals surface area contributed by atoms with Crippen LogP contribution in [0.1, 0.15) is 31.4 Å². The Balaban J connectivity index is 2.47. The second-order valence-corrected chi connectivity index (χ2v) is 5.00. The minimum absolute atomic E-state index is 0.0541. The number of hydrogen-bond donors (Lipinski definition) is 2. The van der Waals surface area contributed by atoms with Gasteiger partial charge in [-0.25, -0.2) is 0 Å². The number of nitrogens with two attached hydrogens (primary N) is 1. The van der Waals surface area contributed by atoms with Crippen molar-refractivity contribution in [1.82, 2.24) is 5.32 Å². The number of carbonyl (C=O) groups is 1. The van der Waals surface area contributed by atoms with Crippen LogP contribution < -0.4 is 11.1 Å². The maximum atomic E-state index is 11.7. The van der Waals surface area contributed by atoms with Crippen LogP contribution in [-0.2, 0) is 11.2 Å². The minimum Gasteiger partial charge on any atom is -0.389 e. The number of nitrogens with one attached hydrogen (secondary N) is 1. The van der Waals surface area contributed by atoms with E-state index in [1.165, 1.54) is 0 Å². The zero-order chi connectivity index (χ0) is 13.5. The molecule has 0 aliphatic rings. The van der Waals surface area contributed by atoms with E-state index in [2.05, 4.69) is 19.2 Å². The zero-order valence-electron chi connectivity index (χ0n) is 10.9. The molecule has 0 radical (unpaired) electrons. The third-order valence-electron chi connectivity index (χ3n) is 2.95. The molecule has 0 fully saturated rings. The van der Waals surface area contributed by atoms with Crippen LogP contribution in [0, 0.1) is 5.92 Å². The van der Waals surface area contributed by atoms with Gasteiger partial charge in [-0.15, -0.1) is 0 Å². The summed E-state index contributed by atoms with van der Waals surface area (Å²) in [5.41, 5.74) is 7.31. The predicted octanol–water partition coefficient (Wildman–Crippen LogP) is 2.03. The normalized spacial score (nSPS) is 11.9. The fraction of sp³-hybridized carbons (Fsp3) is 0.429. The van der Waals surface area contributed by atoms with Gasteiger partial charge in [-0.1, -0.05) is 56.8 Å². The van der Waals surface area contributed by atoms with Crippen molar-refractivity contribution < 1.29 is 4.79 Å². The van der Waals surface area contributed by atoms with E-state index in [-0.39, 0.29) is 5.91 Å². The summed E-state index contributed by atoms with van der Waals surface area (Å²) in [6.45, 7) is 4.98. The molecule has 0 saturated heterocycles. The molecule has 0 aliphatic heterocycles. The third kappa shape index (κ3) is 4.84. The fourth-order valence-electron chi connectivity index (χ4n) is 1.47. The highest BCUT2D eigenvalue weighted by Crippen LogP contribution is 2.05. The lowest BCUT2D eigenvalue weighted by Gasteiger charge is -2.10. The molecular weight excluding hydrogens is 244 g/mol. The molecular formula is C14H20N2OS. The first kappa shape index (κ1) is 14.6. The monoisotopic (exact) mass is 264 g/mol. The van der Waals surface area contributed by atoms with Gasteiger partial charge >= 0.3 is 0 Å². The summed E-state index contributed by atoms with van der Waals surface area (Å²) in [5.74, 6) is 0.573. The predicted molar refractivity (Wildman–Crippen MR) is 78.5 cm³/mol. The van der Waals surface area contributed by atoms with E-state index in [0.717, 1.165) is 24.1 Å². The number of thiocarbonyl (C=S) groups is 1. The largest absolute Gasteiger partial charge is 0.389 e. The molecule has 4 heteroatoms. The van der Waals surface area contributed by atoms with Crippen LogP contribution in [0.3, 0.4) is 0 Å². The van der Waals surface area contributed by atoms with E-state index >= 15 is 0 Å². The Morgan fingerprint density at radius 3 is 2.50 bits per heavy atom. The summed E-state index contributed by atoms with van der Waals surface area (Å²) in [6, 6.07) is 7.47. The van der Waals surface area contributed by atoms with Crippen molar-refractivity contribution in [2.24, 2.45) is 11.7 Å². The summed E-state index contributed by atoms with van der Waals surface area (Å²) < 4.78 is 0. The number of amides is 1. The maximum absolute atomic E-state index is 11.7. The summed E-state index contributed by atoms with van der Waals surface area (Å²) in [7, 11) is 0. The molecule has 1 atom stereocenters. The molecule has 1 aromatic carbocycles. The molecule has 0 spiro atoms. The van der Waals surface area contributed by atoms with Gasteiger partial charge in [-0.3, -0.25) is 4.79 Å². The Morgan fingerprint density at radius 1 is 1.39 bits per heavy atom. The SMILES string of the molecule is CCC(C)CNC(=O)Cc1ccc(C(N)=S)cc1. The van der Waals surface area contributed by atoms with Gasteiger partial charge in [0.15, 0.2) is 0 Å². The van der Waals surface area contributed by atoms with Crippen LogP contribution in [0.2, 0.25) is 0 Å². The molecule has 0 bridgehead atoms. The number of rotatable bonds is 6. The maximum Gasteiger partial charge on any atom is 0.224 e. The first-order valence-corrected chi connectivity index (χ1v) is 6.59. The van der Waals surface area contributed by atoms with Crippen LogP contribution >= 0.6 is 12.2 Å². The van der Waals surface area contributed by atoms with Crippen molar-refractivity contribution >= 4 is 23.1 Å². The van der Waals surface area contributed by atoms with E-state index in [1.807, 2.05) is 24.3 Å². The first-order valence-electron chi connectivity index (χ1n) is 6.18. The molecule has 18 heavy (non-hydrogen) atoms. The van der Waals surface area contributed by atoms with E-state index in [9.17, 15) is 4.79 Å². The second-order valence-electron chi connectivity index (χ2n) is 4.56. The highest BCUT2D eigenvalue weighted by atomic mass is 32.1. The second kappa shape index (κ2) is 7.11. The quantitative estimate of drug-likeness (QED) is 0.773. The zero-order valence-corrected chi connectivity index (χ0v) is 11.7. The van der Waals surface area contributed by atoms with Crippen LogP contribution in [0.25, 0.3) is 0 Å². The third-order valence-corrected chi connectivity index (χ3v) is 3.18. The average Bonchev–Trinajstić information content (AvgIpc) is 2.36. The van der Waals surface area contributed by atoms with Gasteiger partial charge in [-0.05, 0) is 11.5 Å². The smallest absolute Gasteiger partial charge is 0.224 e. The van der Waals surface area contributed by atoms with Crippen LogP contribution in [-0.4, -0.2) is 17.4 Å². The lowest BCUT2D eigenvalue weighted by Crippen LogP contribution is -2.29. The van der Waals surface area contributed by atoms with Crippen molar-refractivity contribution in [2.75, 3.05) is 6.54 Å². The Labute approximate surface area is 114 Å². The van der Waals surface area contributed by atoms with Crippen LogP contribution in [0.15, 0.2) is 24.3 Å². The lowest BCUT2D eigenvalue weighted by molar-refractivity contribution is -0.120. The van der Waals surface area contributed by atoms with Gasteiger partial charge in [0.25, 0.3) is 0 Å². The molecule has 0 aromatic heterocycles. The van der Waals surface area contributed by atoms with E-state index in [0.29, 0.717) is 17.3 Å². The fourth-order valence-corrected chi connectivity index (χ4v) is 1.60. The molecule has 0 aliphatic carbocycles. The molecule has 3 N–H and O–H groups in total. The number of carbonyl (C=O) groups excluding carboxylic acids is 1. The van der Waals surface area contributed by atoms with Gasteiger partial charge < -0.3 is 11.1 Å². The van der Waals surface area contributed by atoms with Crippen molar-refractivity contribution in [3.63, 3.8) is 0 Å². The van der Waals surface area contributed by atoms with E-state index in [4.69, 9.17) is 18.0 Å². The van der Waals surface area contributed by atoms with Crippen LogP contribution in [0.5, 0.6) is 0 Å². The summed E-state index contributed by atoms with van der Waals surface area (Å²) in [4.78, 5) is 12.1. The lowest BCUT2D eigenvalue weighted by atomic mass is 10.1. The van der Waals surface area contributed by atoms with Gasteiger partial charge in [0.1, 0.15) is 4.99 Å². The highest BCUT2D eigenvalue weighted by molar-refractivity contribution is 7.80.